The number of hydrogen-bond acceptors (Lipinski definition) is 5. The summed E-state index contributed by atoms with van der Waals surface area (Å²) in [5.41, 5.74) is 0.835. The van der Waals surface area contributed by atoms with E-state index in [1.54, 1.807) is 24.5 Å². The number of carbonyl (C=O) groups excluding carboxylic acids is 1. The molecule has 0 saturated carbocycles. The first kappa shape index (κ1) is 25.1. The largest absolute Gasteiger partial charge is 0.360 e. The van der Waals surface area contributed by atoms with Crippen LogP contribution in [-0.2, 0) is 10.0 Å². The highest BCUT2D eigenvalue weighted by Crippen LogP contribution is 2.35. The van der Waals surface area contributed by atoms with Crippen molar-refractivity contribution in [3.63, 3.8) is 0 Å². The third-order valence-electron chi connectivity index (χ3n) is 6.54. The molecular formula is C26H32N4O4S. The number of hydrogen-bond donors (Lipinski definition) is 2. The summed E-state index contributed by atoms with van der Waals surface area (Å²) in [7, 11) is -3.87. The molecule has 9 heteroatoms. The van der Waals surface area contributed by atoms with Gasteiger partial charge in [-0.1, -0.05) is 38.7 Å². The van der Waals surface area contributed by atoms with Crippen LogP contribution < -0.4 is 10.7 Å². The highest BCUT2D eigenvalue weighted by Gasteiger charge is 2.34. The average Bonchev–Trinajstić information content (AvgIpc) is 2.89. The Labute approximate surface area is 205 Å². The number of aromatic amines is 1. The number of nitrogens with zero attached hydrogens (tertiary/aromatic N) is 2. The zero-order valence-corrected chi connectivity index (χ0v) is 20.8. The number of benzene rings is 1. The molecule has 2 N–H and O–H groups in total. The molecule has 1 unspecified atom stereocenters. The minimum Gasteiger partial charge on any atom is -0.360 e. The number of piperidine rings is 1. The first-order chi connectivity index (χ1) is 16.9. The number of nitrogens with one attached hydrogen (secondary N) is 2. The van der Waals surface area contributed by atoms with Crippen LogP contribution in [-0.4, -0.2) is 41.7 Å². The number of rotatable bonds is 9. The van der Waals surface area contributed by atoms with E-state index < -0.39 is 21.4 Å². The molecule has 0 radical (unpaired) electrons. The van der Waals surface area contributed by atoms with Gasteiger partial charge < -0.3 is 10.3 Å². The van der Waals surface area contributed by atoms with Crippen LogP contribution in [0.4, 0.5) is 0 Å². The molecule has 1 atom stereocenters. The van der Waals surface area contributed by atoms with Crippen LogP contribution in [0.5, 0.6) is 0 Å². The molecule has 0 aliphatic carbocycles. The molecule has 0 bridgehead atoms. The second-order valence-electron chi connectivity index (χ2n) is 8.97. The molecular weight excluding hydrogens is 464 g/mol. The van der Waals surface area contributed by atoms with E-state index in [4.69, 9.17) is 0 Å². The van der Waals surface area contributed by atoms with Gasteiger partial charge in [-0.25, -0.2) is 8.42 Å². The van der Waals surface area contributed by atoms with Gasteiger partial charge in [0.2, 0.25) is 15.5 Å². The summed E-state index contributed by atoms with van der Waals surface area (Å²) in [5, 5.41) is 2.97. The van der Waals surface area contributed by atoms with Gasteiger partial charge >= 0.3 is 0 Å². The van der Waals surface area contributed by atoms with Crippen molar-refractivity contribution < 1.29 is 13.2 Å². The van der Waals surface area contributed by atoms with Gasteiger partial charge in [0.05, 0.1) is 10.9 Å². The minimum atomic E-state index is -3.87. The fourth-order valence-corrected chi connectivity index (χ4v) is 6.32. The normalized spacial score (nSPS) is 16.9. The predicted molar refractivity (Wildman–Crippen MR) is 136 cm³/mol. The molecule has 3 aromatic rings. The molecule has 186 valence electrons. The Morgan fingerprint density at radius 1 is 1.20 bits per heavy atom. The van der Waals surface area contributed by atoms with Crippen molar-refractivity contribution in [3.05, 3.63) is 70.3 Å². The second-order valence-corrected chi connectivity index (χ2v) is 10.9. The number of amides is 1. The second kappa shape index (κ2) is 11.1. The third kappa shape index (κ3) is 5.46. The van der Waals surface area contributed by atoms with E-state index in [2.05, 4.69) is 22.2 Å². The molecule has 2 aromatic heterocycles. The van der Waals surface area contributed by atoms with Crippen LogP contribution in [0.1, 0.15) is 73.8 Å². The van der Waals surface area contributed by atoms with Gasteiger partial charge in [-0.3, -0.25) is 14.6 Å². The van der Waals surface area contributed by atoms with Gasteiger partial charge in [0, 0.05) is 42.6 Å². The van der Waals surface area contributed by atoms with E-state index in [0.29, 0.717) is 25.0 Å². The zero-order chi connectivity index (χ0) is 24.8. The number of aromatic nitrogens is 2. The Morgan fingerprint density at radius 3 is 2.83 bits per heavy atom. The quantitative estimate of drug-likeness (QED) is 0.432. The third-order valence-corrected chi connectivity index (χ3v) is 8.45. The maximum absolute atomic E-state index is 13.7. The Balaban J connectivity index is 1.63. The molecule has 1 fully saturated rings. The minimum absolute atomic E-state index is 0.0197. The molecule has 8 nitrogen and oxygen atoms in total. The maximum Gasteiger partial charge on any atom is 0.256 e. The summed E-state index contributed by atoms with van der Waals surface area (Å²) in [4.78, 5) is 32.9. The lowest BCUT2D eigenvalue weighted by atomic mass is 9.99. The molecule has 1 aliphatic rings. The molecule has 35 heavy (non-hydrogen) atoms. The van der Waals surface area contributed by atoms with Crippen molar-refractivity contribution in [1.29, 1.82) is 0 Å². The SMILES string of the molecule is CCCCCCNC(=O)c1c[nH]c2ccc(S(=O)(=O)N3CCCCC3c3cccnc3)cc2c1=O. The topological polar surface area (TPSA) is 112 Å². The zero-order valence-electron chi connectivity index (χ0n) is 20.0. The summed E-state index contributed by atoms with van der Waals surface area (Å²) < 4.78 is 28.9. The molecule has 4 rings (SSSR count). The highest BCUT2D eigenvalue weighted by atomic mass is 32.2. The van der Waals surface area contributed by atoms with Gasteiger partial charge in [-0.15, -0.1) is 0 Å². The summed E-state index contributed by atoms with van der Waals surface area (Å²) >= 11 is 0. The fraction of sp³-hybridized carbons (Fsp3) is 0.423. The molecule has 1 aliphatic heterocycles. The van der Waals surface area contributed by atoms with Gasteiger partial charge in [-0.05, 0) is 49.1 Å². The number of pyridine rings is 2. The smallest absolute Gasteiger partial charge is 0.256 e. The van der Waals surface area contributed by atoms with E-state index in [1.807, 2.05) is 6.07 Å². The van der Waals surface area contributed by atoms with E-state index >= 15 is 0 Å². The van der Waals surface area contributed by atoms with Crippen LogP contribution in [0.2, 0.25) is 0 Å². The number of sulfonamides is 1. The van der Waals surface area contributed by atoms with Crippen LogP contribution in [0.25, 0.3) is 10.9 Å². The summed E-state index contributed by atoms with van der Waals surface area (Å²) in [6.07, 6.45) is 11.2. The highest BCUT2D eigenvalue weighted by molar-refractivity contribution is 7.89. The van der Waals surface area contributed by atoms with Crippen molar-refractivity contribution >= 4 is 26.8 Å². The number of H-pyrrole nitrogens is 1. The van der Waals surface area contributed by atoms with Gasteiger partial charge in [0.1, 0.15) is 5.56 Å². The summed E-state index contributed by atoms with van der Waals surface area (Å²) in [6.45, 7) is 3.01. The first-order valence-corrected chi connectivity index (χ1v) is 13.7. The van der Waals surface area contributed by atoms with Crippen molar-refractivity contribution in [2.24, 2.45) is 0 Å². The fourth-order valence-electron chi connectivity index (χ4n) is 4.61. The van der Waals surface area contributed by atoms with Crippen molar-refractivity contribution in [1.82, 2.24) is 19.6 Å². The molecule has 1 saturated heterocycles. The molecule has 3 heterocycles. The van der Waals surface area contributed by atoms with Gasteiger partial charge in [0.15, 0.2) is 0 Å². The lowest BCUT2D eigenvalue weighted by molar-refractivity contribution is 0.0951. The molecule has 1 amide bonds. The van der Waals surface area contributed by atoms with Crippen molar-refractivity contribution in [2.75, 3.05) is 13.1 Å². The lowest BCUT2D eigenvalue weighted by Gasteiger charge is -2.34. The molecule has 1 aromatic carbocycles. The Kier molecular flexibility index (Phi) is 7.97. The Hall–Kier alpha value is -3.04. The van der Waals surface area contributed by atoms with Crippen LogP contribution in [0.3, 0.4) is 0 Å². The van der Waals surface area contributed by atoms with E-state index in [1.165, 1.54) is 22.6 Å². The lowest BCUT2D eigenvalue weighted by Crippen LogP contribution is -2.38. The average molecular weight is 497 g/mol. The van der Waals surface area contributed by atoms with Crippen molar-refractivity contribution in [3.8, 4) is 0 Å². The van der Waals surface area contributed by atoms with E-state index in [9.17, 15) is 18.0 Å². The number of fused-ring (bicyclic) bond motifs is 1. The van der Waals surface area contributed by atoms with Gasteiger partial charge in [-0.2, -0.15) is 4.31 Å². The number of unbranched alkanes of at least 4 members (excludes halogenated alkanes) is 3. The maximum atomic E-state index is 13.7. The van der Waals surface area contributed by atoms with E-state index in [-0.39, 0.29) is 21.9 Å². The first-order valence-electron chi connectivity index (χ1n) is 12.3. The predicted octanol–water partition coefficient (Wildman–Crippen LogP) is 4.15. The van der Waals surface area contributed by atoms with Gasteiger partial charge in [0.25, 0.3) is 5.91 Å². The Morgan fingerprint density at radius 2 is 2.06 bits per heavy atom. The van der Waals surface area contributed by atoms with E-state index in [0.717, 1.165) is 44.1 Å². The molecule has 0 spiro atoms. The Bertz CT molecular complexity index is 1340. The van der Waals surface area contributed by atoms with Crippen LogP contribution >= 0.6 is 0 Å². The summed E-state index contributed by atoms with van der Waals surface area (Å²) in [5.74, 6) is -0.453. The standard InChI is InChI=1S/C26H32N4O4S/c1-2-3-4-6-14-28-26(32)22-18-29-23-12-11-20(16-21(23)25(22)31)35(33,34)30-15-7-5-10-24(30)19-9-8-13-27-17-19/h8-9,11-13,16-18,24H,2-7,10,14-15H2,1H3,(H,28,32)(H,29,31). The number of carbonyl (C=O) groups is 1. The van der Waals surface area contributed by atoms with Crippen LogP contribution in [0.15, 0.2) is 58.6 Å². The van der Waals surface area contributed by atoms with Crippen molar-refractivity contribution in [2.45, 2.75) is 62.8 Å². The monoisotopic (exact) mass is 496 g/mol. The van der Waals surface area contributed by atoms with Crippen LogP contribution in [0, 0.1) is 0 Å². The summed E-state index contributed by atoms with van der Waals surface area (Å²) in [6, 6.07) is 7.87.